The molecule has 0 unspecified atom stereocenters. The van der Waals surface area contributed by atoms with Crippen LogP contribution in [0.5, 0.6) is 0 Å². The van der Waals surface area contributed by atoms with Crippen molar-refractivity contribution in [2.45, 2.75) is 26.7 Å². The van der Waals surface area contributed by atoms with Gasteiger partial charge in [0, 0.05) is 31.3 Å². The Balaban J connectivity index is 2.15. The average Bonchev–Trinajstić information content (AvgIpc) is 2.45. The molecule has 0 bridgehead atoms. The van der Waals surface area contributed by atoms with Gasteiger partial charge in [-0.2, -0.15) is 0 Å². The monoisotopic (exact) mass is 289 g/mol. The highest BCUT2D eigenvalue weighted by atomic mass is 16.2. The summed E-state index contributed by atoms with van der Waals surface area (Å²) in [6, 6.07) is 5.45. The van der Waals surface area contributed by atoms with Crippen molar-refractivity contribution >= 4 is 17.5 Å². The third-order valence-electron chi connectivity index (χ3n) is 3.81. The second kappa shape index (κ2) is 5.85. The third kappa shape index (κ3) is 3.61. The Morgan fingerprint density at radius 1 is 1.38 bits per heavy atom. The summed E-state index contributed by atoms with van der Waals surface area (Å²) in [6.45, 7) is 5.22. The summed E-state index contributed by atoms with van der Waals surface area (Å²) in [4.78, 5) is 25.5. The summed E-state index contributed by atoms with van der Waals surface area (Å²) in [5, 5.41) is 2.82. The van der Waals surface area contributed by atoms with E-state index in [1.54, 1.807) is 18.0 Å². The van der Waals surface area contributed by atoms with E-state index in [2.05, 4.69) is 5.32 Å². The fourth-order valence-electron chi connectivity index (χ4n) is 2.52. The Bertz CT molecular complexity index is 567. The maximum absolute atomic E-state index is 12.5. The fourth-order valence-corrected chi connectivity index (χ4v) is 2.52. The van der Waals surface area contributed by atoms with E-state index in [9.17, 15) is 9.59 Å². The second-order valence-electron chi connectivity index (χ2n) is 6.45. The number of nitrogens with zero attached hydrogens (tertiary/aromatic N) is 1. The molecule has 2 amide bonds. The molecule has 1 aromatic carbocycles. The van der Waals surface area contributed by atoms with Crippen LogP contribution in [0, 0.1) is 5.41 Å². The van der Waals surface area contributed by atoms with Crippen LogP contribution in [0.2, 0.25) is 0 Å². The number of carbonyl (C=O) groups is 2. The first kappa shape index (κ1) is 15.5. The average molecular weight is 289 g/mol. The SMILES string of the molecule is CN(CC(C)(C)CN)C(=O)c1ccc2c(c1)CCC(=O)N2. The highest BCUT2D eigenvalue weighted by Crippen LogP contribution is 2.24. The van der Waals surface area contributed by atoms with E-state index in [4.69, 9.17) is 5.73 Å². The van der Waals surface area contributed by atoms with Gasteiger partial charge in [-0.25, -0.2) is 0 Å². The lowest BCUT2D eigenvalue weighted by Crippen LogP contribution is -2.39. The molecule has 0 atom stereocenters. The smallest absolute Gasteiger partial charge is 0.253 e. The quantitative estimate of drug-likeness (QED) is 0.884. The predicted octanol–water partition coefficient (Wildman–Crippen LogP) is 1.63. The number of rotatable bonds is 4. The lowest BCUT2D eigenvalue weighted by atomic mass is 9.93. The number of anilines is 1. The van der Waals surface area contributed by atoms with Crippen LogP contribution in [0.25, 0.3) is 0 Å². The summed E-state index contributed by atoms with van der Waals surface area (Å²) >= 11 is 0. The van der Waals surface area contributed by atoms with Gasteiger partial charge in [0.15, 0.2) is 0 Å². The summed E-state index contributed by atoms with van der Waals surface area (Å²) in [6.07, 6.45) is 1.15. The topological polar surface area (TPSA) is 75.4 Å². The molecule has 0 radical (unpaired) electrons. The van der Waals surface area contributed by atoms with Crippen LogP contribution in [0.15, 0.2) is 18.2 Å². The molecule has 2 rings (SSSR count). The zero-order chi connectivity index (χ0) is 15.6. The maximum Gasteiger partial charge on any atom is 0.253 e. The predicted molar refractivity (Wildman–Crippen MR) is 83.2 cm³/mol. The van der Waals surface area contributed by atoms with E-state index in [0.717, 1.165) is 11.3 Å². The zero-order valence-corrected chi connectivity index (χ0v) is 12.9. The van der Waals surface area contributed by atoms with E-state index >= 15 is 0 Å². The molecule has 1 aliphatic heterocycles. The summed E-state index contributed by atoms with van der Waals surface area (Å²) in [7, 11) is 1.79. The van der Waals surface area contributed by atoms with Crippen LogP contribution in [-0.4, -0.2) is 36.9 Å². The molecule has 0 aromatic heterocycles. The molecule has 5 heteroatoms. The molecule has 1 aromatic rings. The lowest BCUT2D eigenvalue weighted by Gasteiger charge is -2.29. The highest BCUT2D eigenvalue weighted by Gasteiger charge is 2.23. The molecule has 0 fully saturated rings. The Labute approximate surface area is 125 Å². The normalized spacial score (nSPS) is 14.4. The van der Waals surface area contributed by atoms with Crippen LogP contribution >= 0.6 is 0 Å². The fraction of sp³-hybridized carbons (Fsp3) is 0.500. The van der Waals surface area contributed by atoms with Crippen molar-refractivity contribution < 1.29 is 9.59 Å². The van der Waals surface area contributed by atoms with E-state index in [0.29, 0.717) is 31.5 Å². The maximum atomic E-state index is 12.5. The minimum atomic E-state index is -0.105. The molecular weight excluding hydrogens is 266 g/mol. The Morgan fingerprint density at radius 2 is 2.10 bits per heavy atom. The summed E-state index contributed by atoms with van der Waals surface area (Å²) in [5.74, 6) is 0.0135. The van der Waals surface area contributed by atoms with E-state index < -0.39 is 0 Å². The molecule has 3 N–H and O–H groups in total. The van der Waals surface area contributed by atoms with Crippen LogP contribution in [0.4, 0.5) is 5.69 Å². The van der Waals surface area contributed by atoms with Crippen molar-refractivity contribution in [3.05, 3.63) is 29.3 Å². The first-order valence-corrected chi connectivity index (χ1v) is 7.21. The van der Waals surface area contributed by atoms with Crippen molar-refractivity contribution in [2.75, 3.05) is 25.5 Å². The Kier molecular flexibility index (Phi) is 4.32. The van der Waals surface area contributed by atoms with E-state index in [1.807, 2.05) is 26.0 Å². The molecule has 0 spiro atoms. The van der Waals surface area contributed by atoms with Gasteiger partial charge in [-0.3, -0.25) is 9.59 Å². The largest absolute Gasteiger partial charge is 0.341 e. The van der Waals surface area contributed by atoms with Gasteiger partial charge in [0.2, 0.25) is 5.91 Å². The Morgan fingerprint density at radius 3 is 2.76 bits per heavy atom. The number of hydrogen-bond donors (Lipinski definition) is 2. The number of amides is 2. The van der Waals surface area contributed by atoms with Gasteiger partial charge in [-0.1, -0.05) is 13.8 Å². The third-order valence-corrected chi connectivity index (χ3v) is 3.81. The van der Waals surface area contributed by atoms with Crippen molar-refractivity contribution in [3.63, 3.8) is 0 Å². The second-order valence-corrected chi connectivity index (χ2v) is 6.45. The molecule has 5 nitrogen and oxygen atoms in total. The highest BCUT2D eigenvalue weighted by molar-refractivity contribution is 5.97. The van der Waals surface area contributed by atoms with Crippen LogP contribution in [-0.2, 0) is 11.2 Å². The van der Waals surface area contributed by atoms with Gasteiger partial charge < -0.3 is 16.0 Å². The standard InChI is InChI=1S/C16H23N3O2/c1-16(2,9-17)10-19(3)15(21)12-4-6-13-11(8-12)5-7-14(20)18-13/h4,6,8H,5,7,9-10,17H2,1-3H3,(H,18,20). The minimum Gasteiger partial charge on any atom is -0.341 e. The van der Waals surface area contributed by atoms with E-state index in [-0.39, 0.29) is 17.2 Å². The van der Waals surface area contributed by atoms with Crippen LogP contribution in [0.1, 0.15) is 36.2 Å². The van der Waals surface area contributed by atoms with Gasteiger partial charge in [0.1, 0.15) is 0 Å². The number of hydrogen-bond acceptors (Lipinski definition) is 3. The Hall–Kier alpha value is -1.88. The number of benzene rings is 1. The number of fused-ring (bicyclic) bond motifs is 1. The van der Waals surface area contributed by atoms with Gasteiger partial charge in [-0.15, -0.1) is 0 Å². The van der Waals surface area contributed by atoms with E-state index in [1.165, 1.54) is 0 Å². The molecule has 0 saturated carbocycles. The number of nitrogens with two attached hydrogens (primary N) is 1. The van der Waals surface area contributed by atoms with Crippen molar-refractivity contribution in [1.29, 1.82) is 0 Å². The van der Waals surface area contributed by atoms with Gasteiger partial charge >= 0.3 is 0 Å². The van der Waals surface area contributed by atoms with Crippen molar-refractivity contribution in [3.8, 4) is 0 Å². The first-order valence-electron chi connectivity index (χ1n) is 7.21. The molecule has 21 heavy (non-hydrogen) atoms. The molecule has 0 saturated heterocycles. The summed E-state index contributed by atoms with van der Waals surface area (Å²) in [5.41, 5.74) is 8.10. The van der Waals surface area contributed by atoms with Crippen molar-refractivity contribution in [2.24, 2.45) is 11.1 Å². The lowest BCUT2D eigenvalue weighted by molar-refractivity contribution is -0.116. The number of carbonyl (C=O) groups excluding carboxylic acids is 2. The van der Waals surface area contributed by atoms with Crippen molar-refractivity contribution in [1.82, 2.24) is 4.90 Å². The first-order chi connectivity index (χ1) is 9.82. The number of aryl methyl sites for hydroxylation is 1. The van der Waals surface area contributed by atoms with Crippen LogP contribution in [0.3, 0.4) is 0 Å². The summed E-state index contributed by atoms with van der Waals surface area (Å²) < 4.78 is 0. The number of nitrogens with one attached hydrogen (secondary N) is 1. The van der Waals surface area contributed by atoms with Crippen LogP contribution < -0.4 is 11.1 Å². The molecule has 1 aliphatic rings. The molecular formula is C16H23N3O2. The van der Waals surface area contributed by atoms with Gasteiger partial charge in [0.25, 0.3) is 5.91 Å². The molecule has 1 heterocycles. The molecule has 114 valence electrons. The minimum absolute atomic E-state index is 0.0174. The van der Waals surface area contributed by atoms with Gasteiger partial charge in [0.05, 0.1) is 0 Å². The zero-order valence-electron chi connectivity index (χ0n) is 12.9. The van der Waals surface area contributed by atoms with Gasteiger partial charge in [-0.05, 0) is 42.1 Å². The molecule has 0 aliphatic carbocycles.